The maximum atomic E-state index is 11.8. The molecule has 1 aromatic rings. The standard InChI is InChI=1S/C16H19ClN2O2/c1-12-4-5-13(10-14(12)17)6-7-15(20)18-11-16(21)19-8-2-3-9-19/h4-7,10H,2-3,8-9,11H2,1H3,(H,18,20)/b7-6+. The van der Waals surface area contributed by atoms with Crippen LogP contribution >= 0.6 is 11.6 Å². The normalized spacial score (nSPS) is 14.7. The number of benzene rings is 1. The van der Waals surface area contributed by atoms with Crippen LogP contribution in [0.4, 0.5) is 0 Å². The molecule has 2 rings (SSSR count). The Balaban J connectivity index is 1.82. The number of rotatable bonds is 4. The molecule has 1 heterocycles. The summed E-state index contributed by atoms with van der Waals surface area (Å²) in [7, 11) is 0. The van der Waals surface area contributed by atoms with Gasteiger partial charge in [0.1, 0.15) is 0 Å². The first-order chi connectivity index (χ1) is 10.1. The fraction of sp³-hybridized carbons (Fsp3) is 0.375. The molecule has 0 spiro atoms. The number of amides is 2. The number of hydrogen-bond acceptors (Lipinski definition) is 2. The van der Waals surface area contributed by atoms with E-state index in [1.165, 1.54) is 6.08 Å². The van der Waals surface area contributed by atoms with Crippen LogP contribution in [-0.2, 0) is 9.59 Å². The molecule has 0 aromatic heterocycles. The zero-order valence-electron chi connectivity index (χ0n) is 12.1. The van der Waals surface area contributed by atoms with Gasteiger partial charge in [0.25, 0.3) is 0 Å². The van der Waals surface area contributed by atoms with E-state index in [1.807, 2.05) is 19.1 Å². The van der Waals surface area contributed by atoms with Crippen LogP contribution in [-0.4, -0.2) is 36.3 Å². The first kappa shape index (κ1) is 15.6. The number of aryl methyl sites for hydroxylation is 1. The van der Waals surface area contributed by atoms with Crippen LogP contribution in [0.2, 0.25) is 5.02 Å². The Bertz CT molecular complexity index is 563. The van der Waals surface area contributed by atoms with Crippen molar-refractivity contribution in [2.45, 2.75) is 19.8 Å². The van der Waals surface area contributed by atoms with Gasteiger partial charge in [-0.3, -0.25) is 9.59 Å². The Morgan fingerprint density at radius 3 is 2.71 bits per heavy atom. The Kier molecular flexibility index (Phi) is 5.39. The Labute approximate surface area is 129 Å². The molecule has 0 unspecified atom stereocenters. The largest absolute Gasteiger partial charge is 0.343 e. The second-order valence-corrected chi connectivity index (χ2v) is 5.55. The highest BCUT2D eigenvalue weighted by Gasteiger charge is 2.17. The second-order valence-electron chi connectivity index (χ2n) is 5.15. The molecule has 1 saturated heterocycles. The highest BCUT2D eigenvalue weighted by molar-refractivity contribution is 6.31. The molecule has 112 valence electrons. The molecular weight excluding hydrogens is 288 g/mol. The number of carbonyl (C=O) groups excluding carboxylic acids is 2. The van der Waals surface area contributed by atoms with Crippen LogP contribution in [0.25, 0.3) is 6.08 Å². The first-order valence-electron chi connectivity index (χ1n) is 7.06. The molecule has 1 aliphatic rings. The minimum absolute atomic E-state index is 0.0207. The fourth-order valence-electron chi connectivity index (χ4n) is 2.18. The van der Waals surface area contributed by atoms with E-state index in [4.69, 9.17) is 11.6 Å². The zero-order valence-corrected chi connectivity index (χ0v) is 12.8. The summed E-state index contributed by atoms with van der Waals surface area (Å²) in [4.78, 5) is 25.2. The van der Waals surface area contributed by atoms with Gasteiger partial charge in [-0.15, -0.1) is 0 Å². The van der Waals surface area contributed by atoms with Gasteiger partial charge in [0.2, 0.25) is 11.8 Å². The molecule has 0 saturated carbocycles. The van der Waals surface area contributed by atoms with E-state index >= 15 is 0 Å². The first-order valence-corrected chi connectivity index (χ1v) is 7.44. The van der Waals surface area contributed by atoms with E-state index in [2.05, 4.69) is 5.32 Å². The van der Waals surface area contributed by atoms with Crippen LogP contribution in [0.3, 0.4) is 0 Å². The predicted molar refractivity (Wildman–Crippen MR) is 84.0 cm³/mol. The Hall–Kier alpha value is -1.81. The fourth-order valence-corrected chi connectivity index (χ4v) is 2.37. The van der Waals surface area contributed by atoms with Gasteiger partial charge in [-0.1, -0.05) is 23.7 Å². The summed E-state index contributed by atoms with van der Waals surface area (Å²) in [6.07, 6.45) is 5.20. The van der Waals surface area contributed by atoms with Crippen molar-refractivity contribution >= 4 is 29.5 Å². The number of likely N-dealkylation sites (tertiary alicyclic amines) is 1. The van der Waals surface area contributed by atoms with Gasteiger partial charge < -0.3 is 10.2 Å². The molecule has 4 nitrogen and oxygen atoms in total. The van der Waals surface area contributed by atoms with E-state index < -0.39 is 0 Å². The van der Waals surface area contributed by atoms with E-state index in [-0.39, 0.29) is 18.4 Å². The van der Waals surface area contributed by atoms with E-state index in [0.717, 1.165) is 37.1 Å². The highest BCUT2D eigenvalue weighted by Crippen LogP contribution is 2.17. The van der Waals surface area contributed by atoms with E-state index in [1.54, 1.807) is 17.0 Å². The molecule has 1 aliphatic heterocycles. The van der Waals surface area contributed by atoms with Crippen molar-refractivity contribution in [1.82, 2.24) is 10.2 Å². The van der Waals surface area contributed by atoms with Crippen molar-refractivity contribution in [3.8, 4) is 0 Å². The van der Waals surface area contributed by atoms with E-state index in [0.29, 0.717) is 5.02 Å². The summed E-state index contributed by atoms with van der Waals surface area (Å²) in [6.45, 7) is 3.57. The minimum Gasteiger partial charge on any atom is -0.343 e. The van der Waals surface area contributed by atoms with Crippen molar-refractivity contribution in [2.75, 3.05) is 19.6 Å². The van der Waals surface area contributed by atoms with Gasteiger partial charge >= 0.3 is 0 Å². The quantitative estimate of drug-likeness (QED) is 0.868. The lowest BCUT2D eigenvalue weighted by Gasteiger charge is -2.14. The lowest BCUT2D eigenvalue weighted by Crippen LogP contribution is -2.38. The summed E-state index contributed by atoms with van der Waals surface area (Å²) >= 11 is 6.02. The molecule has 1 aromatic carbocycles. The van der Waals surface area contributed by atoms with Gasteiger partial charge in [0.15, 0.2) is 0 Å². The Morgan fingerprint density at radius 1 is 1.33 bits per heavy atom. The van der Waals surface area contributed by atoms with Crippen LogP contribution in [0, 0.1) is 6.92 Å². The second kappa shape index (κ2) is 7.27. The molecule has 2 amide bonds. The van der Waals surface area contributed by atoms with Gasteiger partial charge in [0, 0.05) is 24.2 Å². The predicted octanol–water partition coefficient (Wildman–Crippen LogP) is 2.40. The molecule has 0 atom stereocenters. The summed E-state index contributed by atoms with van der Waals surface area (Å²) < 4.78 is 0. The van der Waals surface area contributed by atoms with Crippen molar-refractivity contribution in [3.05, 3.63) is 40.4 Å². The van der Waals surface area contributed by atoms with Gasteiger partial charge in [-0.05, 0) is 43.0 Å². The summed E-state index contributed by atoms with van der Waals surface area (Å²) in [5.74, 6) is -0.299. The Morgan fingerprint density at radius 2 is 2.05 bits per heavy atom. The van der Waals surface area contributed by atoms with Gasteiger partial charge in [-0.25, -0.2) is 0 Å². The topological polar surface area (TPSA) is 49.4 Å². The highest BCUT2D eigenvalue weighted by atomic mass is 35.5. The number of nitrogens with zero attached hydrogens (tertiary/aromatic N) is 1. The van der Waals surface area contributed by atoms with Crippen molar-refractivity contribution in [1.29, 1.82) is 0 Å². The average molecular weight is 307 g/mol. The van der Waals surface area contributed by atoms with Crippen LogP contribution in [0.5, 0.6) is 0 Å². The molecule has 0 aliphatic carbocycles. The molecule has 0 radical (unpaired) electrons. The average Bonchev–Trinajstić information content (AvgIpc) is 3.00. The monoisotopic (exact) mass is 306 g/mol. The zero-order chi connectivity index (χ0) is 15.2. The SMILES string of the molecule is Cc1ccc(/C=C/C(=O)NCC(=O)N2CCCC2)cc1Cl. The molecule has 1 N–H and O–H groups in total. The van der Waals surface area contributed by atoms with Crippen molar-refractivity contribution < 1.29 is 9.59 Å². The molecule has 21 heavy (non-hydrogen) atoms. The van der Waals surface area contributed by atoms with Crippen LogP contribution in [0.1, 0.15) is 24.0 Å². The molecule has 1 fully saturated rings. The third-order valence-electron chi connectivity index (χ3n) is 3.50. The van der Waals surface area contributed by atoms with E-state index in [9.17, 15) is 9.59 Å². The number of carbonyl (C=O) groups is 2. The number of nitrogens with one attached hydrogen (secondary N) is 1. The maximum Gasteiger partial charge on any atom is 0.244 e. The molecule has 0 bridgehead atoms. The summed E-state index contributed by atoms with van der Waals surface area (Å²) in [6, 6.07) is 5.59. The maximum absolute atomic E-state index is 11.8. The summed E-state index contributed by atoms with van der Waals surface area (Å²) in [5.41, 5.74) is 1.85. The number of hydrogen-bond donors (Lipinski definition) is 1. The van der Waals surface area contributed by atoms with Crippen LogP contribution in [0.15, 0.2) is 24.3 Å². The lowest BCUT2D eigenvalue weighted by molar-refractivity contribution is -0.131. The van der Waals surface area contributed by atoms with Crippen molar-refractivity contribution in [3.63, 3.8) is 0 Å². The van der Waals surface area contributed by atoms with Gasteiger partial charge in [0.05, 0.1) is 6.54 Å². The molecular formula is C16H19ClN2O2. The smallest absolute Gasteiger partial charge is 0.244 e. The van der Waals surface area contributed by atoms with Gasteiger partial charge in [-0.2, -0.15) is 0 Å². The molecule has 5 heteroatoms. The lowest BCUT2D eigenvalue weighted by atomic mass is 10.1. The summed E-state index contributed by atoms with van der Waals surface area (Å²) in [5, 5.41) is 3.27. The number of halogens is 1. The van der Waals surface area contributed by atoms with Crippen LogP contribution < -0.4 is 5.32 Å². The van der Waals surface area contributed by atoms with Crippen molar-refractivity contribution in [2.24, 2.45) is 0 Å². The third-order valence-corrected chi connectivity index (χ3v) is 3.90. The minimum atomic E-state index is -0.278. The third kappa shape index (κ3) is 4.60.